The third kappa shape index (κ3) is 2.50. The molecule has 0 saturated carbocycles. The van der Waals surface area contributed by atoms with Crippen LogP contribution in [0.2, 0.25) is 0 Å². The number of epoxide rings is 1. The zero-order valence-corrected chi connectivity index (χ0v) is 13.3. The van der Waals surface area contributed by atoms with Gasteiger partial charge in [0.1, 0.15) is 12.6 Å². The molecule has 0 spiro atoms. The molecule has 4 rings (SSSR count). The second-order valence-corrected chi connectivity index (χ2v) is 5.97. The lowest BCUT2D eigenvalue weighted by molar-refractivity contribution is 0.177. The topological polar surface area (TPSA) is 79.0 Å². The van der Waals surface area contributed by atoms with E-state index in [0.717, 1.165) is 4.90 Å². The predicted octanol–water partition coefficient (Wildman–Crippen LogP) is 2.86. The number of nitrogens with zero attached hydrogens (tertiary/aromatic N) is 2. The zero-order chi connectivity index (χ0) is 17.4. The molecule has 2 aliphatic rings. The summed E-state index contributed by atoms with van der Waals surface area (Å²) < 4.78 is 4.64. The first kappa shape index (κ1) is 15.5. The Balaban J connectivity index is 1.85. The van der Waals surface area contributed by atoms with Crippen molar-refractivity contribution in [2.75, 3.05) is 18.1 Å². The highest BCUT2D eigenvalue weighted by atomic mass is 16.6. The number of nitrogens with one attached hydrogen (secondary N) is 1. The van der Waals surface area contributed by atoms with Crippen LogP contribution in [0.15, 0.2) is 60.7 Å². The lowest BCUT2D eigenvalue weighted by atomic mass is 10.2. The maximum atomic E-state index is 13.4. The Morgan fingerprint density at radius 2 is 1.60 bits per heavy atom. The van der Waals surface area contributed by atoms with Crippen molar-refractivity contribution in [3.63, 3.8) is 0 Å². The molecule has 7 nitrogen and oxygen atoms in total. The summed E-state index contributed by atoms with van der Waals surface area (Å²) in [6.07, 6.45) is -0.194. The minimum absolute atomic E-state index is 0.144. The first-order chi connectivity index (χ1) is 12.1. The number of amides is 6. The molecule has 2 heterocycles. The number of urea groups is 3. The largest absolute Gasteiger partial charge is 0.446 e. The molecular weight excluding hydrogens is 322 g/mol. The van der Waals surface area contributed by atoms with Crippen LogP contribution in [0.4, 0.5) is 25.8 Å². The predicted molar refractivity (Wildman–Crippen MR) is 91.1 cm³/mol. The van der Waals surface area contributed by atoms with Gasteiger partial charge in [-0.1, -0.05) is 36.4 Å². The minimum atomic E-state index is -0.748. The van der Waals surface area contributed by atoms with Gasteiger partial charge in [-0.2, -0.15) is 4.90 Å². The molecular formula is C18H16N3O4+. The van der Waals surface area contributed by atoms with Gasteiger partial charge in [-0.3, -0.25) is 0 Å². The van der Waals surface area contributed by atoms with Gasteiger partial charge in [0.25, 0.3) is 0 Å². The second-order valence-electron chi connectivity index (χ2n) is 5.97. The Hall–Kier alpha value is -3.03. The number of anilines is 1. The van der Waals surface area contributed by atoms with Crippen molar-refractivity contribution in [1.29, 1.82) is 0 Å². The molecule has 2 aromatic carbocycles. The number of rotatable bonds is 4. The highest BCUT2D eigenvalue weighted by molar-refractivity contribution is 6.30. The molecule has 2 saturated heterocycles. The van der Waals surface area contributed by atoms with Crippen LogP contribution in [-0.2, 0) is 4.74 Å². The summed E-state index contributed by atoms with van der Waals surface area (Å²) in [7, 11) is 0. The monoisotopic (exact) mass is 338 g/mol. The number of ether oxygens (including phenoxy) is 1. The Kier molecular flexibility index (Phi) is 3.60. The standard InChI is InChI=1S/C18H15N3O4/c22-16-19-17(23)21(11-15-12-25-15,14-9-5-2-6-10-14)18(24)20(16)13-7-3-1-4-8-13/h1-10,15H,11-12H2/p+1. The fourth-order valence-electron chi connectivity index (χ4n) is 3.05. The number of carbonyl (C=O) groups excluding carboxylic acids is 3. The van der Waals surface area contributed by atoms with E-state index in [1.54, 1.807) is 60.7 Å². The van der Waals surface area contributed by atoms with E-state index in [1.807, 2.05) is 0 Å². The highest BCUT2D eigenvalue weighted by Crippen LogP contribution is 2.33. The zero-order valence-electron chi connectivity index (χ0n) is 13.3. The van der Waals surface area contributed by atoms with Crippen molar-refractivity contribution >= 4 is 29.5 Å². The maximum absolute atomic E-state index is 13.4. The van der Waals surface area contributed by atoms with E-state index >= 15 is 0 Å². The smallest absolute Gasteiger partial charge is 0.367 e. The Morgan fingerprint density at radius 3 is 2.20 bits per heavy atom. The number of benzene rings is 2. The average molecular weight is 338 g/mol. The van der Waals surface area contributed by atoms with Crippen LogP contribution in [0.5, 0.6) is 0 Å². The molecule has 25 heavy (non-hydrogen) atoms. The second kappa shape index (κ2) is 5.80. The molecule has 0 aromatic heterocycles. The van der Waals surface area contributed by atoms with Crippen LogP contribution in [0, 0.1) is 0 Å². The summed E-state index contributed by atoms with van der Waals surface area (Å²) in [5, 5.41) is 2.32. The Morgan fingerprint density at radius 1 is 1.00 bits per heavy atom. The fraction of sp³-hybridized carbons (Fsp3) is 0.167. The molecule has 6 amide bonds. The number of hydrogen-bond acceptors (Lipinski definition) is 4. The average Bonchev–Trinajstić information content (AvgIpc) is 3.44. The van der Waals surface area contributed by atoms with Gasteiger partial charge in [0.15, 0.2) is 5.69 Å². The fourth-order valence-corrected chi connectivity index (χ4v) is 3.05. The normalized spacial score (nSPS) is 25.7. The summed E-state index contributed by atoms with van der Waals surface area (Å²) in [4.78, 5) is 39.6. The van der Waals surface area contributed by atoms with Crippen molar-refractivity contribution in [3.8, 4) is 0 Å². The van der Waals surface area contributed by atoms with E-state index in [-0.39, 0.29) is 12.6 Å². The molecule has 7 heteroatoms. The molecule has 0 aliphatic carbocycles. The Bertz CT molecular complexity index is 836. The van der Waals surface area contributed by atoms with Crippen LogP contribution >= 0.6 is 0 Å². The van der Waals surface area contributed by atoms with Gasteiger partial charge in [0, 0.05) is 12.1 Å². The van der Waals surface area contributed by atoms with E-state index in [0.29, 0.717) is 18.0 Å². The highest BCUT2D eigenvalue weighted by Gasteiger charge is 2.59. The first-order valence-corrected chi connectivity index (χ1v) is 7.93. The maximum Gasteiger partial charge on any atom is 0.446 e. The summed E-state index contributed by atoms with van der Waals surface area (Å²) in [5.41, 5.74) is 0.904. The van der Waals surface area contributed by atoms with Crippen LogP contribution in [-0.4, -0.2) is 37.3 Å². The summed E-state index contributed by atoms with van der Waals surface area (Å²) in [5.74, 6) is 0. The molecule has 2 aromatic rings. The van der Waals surface area contributed by atoms with Gasteiger partial charge in [-0.25, -0.2) is 19.7 Å². The van der Waals surface area contributed by atoms with Gasteiger partial charge in [-0.05, 0) is 12.1 Å². The third-order valence-electron chi connectivity index (χ3n) is 4.37. The van der Waals surface area contributed by atoms with E-state index in [4.69, 9.17) is 4.74 Å². The van der Waals surface area contributed by atoms with Crippen LogP contribution in [0.1, 0.15) is 0 Å². The minimum Gasteiger partial charge on any atom is -0.367 e. The van der Waals surface area contributed by atoms with Gasteiger partial charge in [-0.15, -0.1) is 4.48 Å². The van der Waals surface area contributed by atoms with Crippen LogP contribution < -0.4 is 14.7 Å². The number of quaternary nitrogens is 1. The summed E-state index contributed by atoms with van der Waals surface area (Å²) >= 11 is 0. The molecule has 2 aliphatic heterocycles. The van der Waals surface area contributed by atoms with Gasteiger partial charge >= 0.3 is 18.1 Å². The van der Waals surface area contributed by atoms with Crippen molar-refractivity contribution in [2.45, 2.75) is 6.10 Å². The van der Waals surface area contributed by atoms with E-state index in [1.165, 1.54) is 0 Å². The third-order valence-corrected chi connectivity index (χ3v) is 4.37. The van der Waals surface area contributed by atoms with Crippen LogP contribution in [0.3, 0.4) is 0 Å². The quantitative estimate of drug-likeness (QED) is 0.687. The molecule has 2 unspecified atom stereocenters. The summed E-state index contributed by atoms with van der Waals surface area (Å²) in [6.45, 7) is 0.637. The number of para-hydroxylation sites is 2. The number of carbonyl (C=O) groups is 3. The Labute approximate surface area is 144 Å². The van der Waals surface area contributed by atoms with Crippen molar-refractivity contribution in [2.24, 2.45) is 0 Å². The molecule has 126 valence electrons. The molecule has 1 N–H and O–H groups in total. The van der Waals surface area contributed by atoms with Gasteiger partial charge in [0.2, 0.25) is 0 Å². The number of hydrogen-bond donors (Lipinski definition) is 1. The van der Waals surface area contributed by atoms with Crippen LogP contribution in [0.25, 0.3) is 0 Å². The van der Waals surface area contributed by atoms with Gasteiger partial charge in [0.05, 0.1) is 12.3 Å². The number of imide groups is 3. The van der Waals surface area contributed by atoms with E-state index in [9.17, 15) is 14.4 Å². The molecule has 2 fully saturated rings. The van der Waals surface area contributed by atoms with E-state index in [2.05, 4.69) is 5.32 Å². The molecule has 0 bridgehead atoms. The van der Waals surface area contributed by atoms with Crippen molar-refractivity contribution in [3.05, 3.63) is 60.7 Å². The lowest BCUT2D eigenvalue weighted by Gasteiger charge is -2.38. The van der Waals surface area contributed by atoms with Gasteiger partial charge < -0.3 is 4.74 Å². The van der Waals surface area contributed by atoms with E-state index < -0.39 is 22.6 Å². The first-order valence-electron chi connectivity index (χ1n) is 7.93. The lowest BCUT2D eigenvalue weighted by Crippen LogP contribution is -2.75. The summed E-state index contributed by atoms with van der Waals surface area (Å²) in [6, 6.07) is 15.3. The van der Waals surface area contributed by atoms with Crippen molar-refractivity contribution < 1.29 is 19.1 Å². The van der Waals surface area contributed by atoms with Crippen molar-refractivity contribution in [1.82, 2.24) is 9.80 Å². The molecule has 2 atom stereocenters. The molecule has 0 radical (unpaired) electrons. The SMILES string of the molecule is O=C1NC(=O)[N+](CC2CO2)(c2ccccc2)C(=O)N1c1ccccc1.